The molecule has 0 aromatic carbocycles. The summed E-state index contributed by atoms with van der Waals surface area (Å²) >= 11 is 0. The SMILES string of the molecule is C=CCC.C=CCC.CCC(=O)C(=O)CC.CCC(=O)C(O)CC.O. The molecule has 0 aliphatic carbocycles. The molecule has 0 radical (unpaired) electrons. The van der Waals surface area contributed by atoms with E-state index in [2.05, 4.69) is 27.0 Å². The van der Waals surface area contributed by atoms with Gasteiger partial charge in [0.15, 0.2) is 17.3 Å². The standard InChI is InChI=1S/C6H12O2.C6H10O2.2C4H8.H2O/c2*1-3-5(7)6(8)4-2;2*1-3-4-2;/h5,7H,3-4H2,1-2H3;3-4H2,1-2H3;2*3H,1,4H2,2H3;1H2. The monoisotopic (exact) mass is 360 g/mol. The second-order valence-electron chi connectivity index (χ2n) is 4.69. The lowest BCUT2D eigenvalue weighted by Crippen LogP contribution is -2.17. The van der Waals surface area contributed by atoms with Crippen molar-refractivity contribution in [3.8, 4) is 0 Å². The van der Waals surface area contributed by atoms with Crippen LogP contribution < -0.4 is 0 Å². The van der Waals surface area contributed by atoms with E-state index in [-0.39, 0.29) is 22.8 Å². The number of hydrogen-bond donors (Lipinski definition) is 1. The van der Waals surface area contributed by atoms with E-state index in [0.29, 0.717) is 25.7 Å². The highest BCUT2D eigenvalue weighted by atomic mass is 16.3. The maximum atomic E-state index is 10.5. The lowest BCUT2D eigenvalue weighted by atomic mass is 10.1. The molecule has 5 heteroatoms. The van der Waals surface area contributed by atoms with E-state index in [4.69, 9.17) is 5.11 Å². The van der Waals surface area contributed by atoms with E-state index in [9.17, 15) is 14.4 Å². The van der Waals surface area contributed by atoms with Crippen LogP contribution in [0.2, 0.25) is 0 Å². The van der Waals surface area contributed by atoms with Crippen LogP contribution in [0.5, 0.6) is 0 Å². The number of rotatable bonds is 8. The number of ketones is 3. The van der Waals surface area contributed by atoms with Crippen molar-refractivity contribution < 1.29 is 25.0 Å². The smallest absolute Gasteiger partial charge is 0.198 e. The summed E-state index contributed by atoms with van der Waals surface area (Å²) in [4.78, 5) is 31.3. The summed E-state index contributed by atoms with van der Waals surface area (Å²) in [6, 6.07) is 0. The van der Waals surface area contributed by atoms with Gasteiger partial charge in [-0.3, -0.25) is 14.4 Å². The van der Waals surface area contributed by atoms with Gasteiger partial charge < -0.3 is 10.6 Å². The van der Waals surface area contributed by atoms with Gasteiger partial charge in [-0.25, -0.2) is 0 Å². The van der Waals surface area contributed by atoms with Crippen molar-refractivity contribution in [2.75, 3.05) is 0 Å². The molecule has 150 valence electrons. The quantitative estimate of drug-likeness (QED) is 0.521. The third-order valence-electron chi connectivity index (χ3n) is 2.64. The number of carbonyl (C=O) groups excluding carboxylic acids is 3. The Bertz CT molecular complexity index is 313. The van der Waals surface area contributed by atoms with E-state index in [1.54, 1.807) is 27.7 Å². The Balaban J connectivity index is -0.0000000739. The minimum Gasteiger partial charge on any atom is -0.412 e. The van der Waals surface area contributed by atoms with Crippen LogP contribution in [0.1, 0.15) is 80.1 Å². The fraction of sp³-hybridized carbons (Fsp3) is 0.650. The topological polar surface area (TPSA) is 103 Å². The molecule has 0 saturated carbocycles. The van der Waals surface area contributed by atoms with E-state index >= 15 is 0 Å². The Hall–Kier alpha value is -1.59. The molecule has 0 aromatic heterocycles. The van der Waals surface area contributed by atoms with Gasteiger partial charge in [0, 0.05) is 19.3 Å². The van der Waals surface area contributed by atoms with Gasteiger partial charge in [-0.2, -0.15) is 0 Å². The summed E-state index contributed by atoms with van der Waals surface area (Å²) in [5, 5.41) is 8.78. The predicted molar refractivity (Wildman–Crippen MR) is 107 cm³/mol. The third-order valence-corrected chi connectivity index (χ3v) is 2.64. The van der Waals surface area contributed by atoms with Crippen LogP contribution in [0.15, 0.2) is 25.3 Å². The van der Waals surface area contributed by atoms with Gasteiger partial charge >= 0.3 is 0 Å². The Morgan fingerprint density at radius 2 is 1.08 bits per heavy atom. The highest BCUT2D eigenvalue weighted by Crippen LogP contribution is 1.93. The lowest BCUT2D eigenvalue weighted by molar-refractivity contribution is -0.136. The van der Waals surface area contributed by atoms with Crippen molar-refractivity contribution in [3.05, 3.63) is 25.3 Å². The number of carbonyl (C=O) groups is 3. The first-order valence-electron chi connectivity index (χ1n) is 8.75. The molecule has 0 aromatic rings. The second kappa shape index (κ2) is 30.3. The molecule has 0 aliphatic heterocycles. The zero-order valence-corrected chi connectivity index (χ0v) is 17.1. The summed E-state index contributed by atoms with van der Waals surface area (Å²) in [5.41, 5.74) is 0. The van der Waals surface area contributed by atoms with Crippen LogP contribution in [0, 0.1) is 0 Å². The summed E-state index contributed by atoms with van der Waals surface area (Å²) in [6.07, 6.45) is 6.85. The molecule has 0 amide bonds. The number of aliphatic hydroxyl groups is 1. The average molecular weight is 361 g/mol. The first kappa shape index (κ1) is 34.7. The third kappa shape index (κ3) is 34.7. The maximum absolute atomic E-state index is 10.5. The highest BCUT2D eigenvalue weighted by Gasteiger charge is 2.07. The first-order valence-corrected chi connectivity index (χ1v) is 8.75. The van der Waals surface area contributed by atoms with Gasteiger partial charge in [-0.15, -0.1) is 13.2 Å². The van der Waals surface area contributed by atoms with Gasteiger partial charge in [0.05, 0.1) is 0 Å². The molecule has 0 rings (SSSR count). The summed E-state index contributed by atoms with van der Waals surface area (Å²) < 4.78 is 0. The summed E-state index contributed by atoms with van der Waals surface area (Å²) in [5.74, 6) is -0.576. The number of hydrogen-bond acceptors (Lipinski definition) is 4. The van der Waals surface area contributed by atoms with Crippen LogP contribution in [0.4, 0.5) is 0 Å². The van der Waals surface area contributed by atoms with Crippen molar-refractivity contribution in [2.45, 2.75) is 86.2 Å². The molecule has 0 aliphatic rings. The van der Waals surface area contributed by atoms with Gasteiger partial charge in [-0.05, 0) is 19.3 Å². The van der Waals surface area contributed by atoms with Crippen LogP contribution in [0.25, 0.3) is 0 Å². The molecule has 3 N–H and O–H groups in total. The molecular formula is C20H40O5. The fourth-order valence-electron chi connectivity index (χ4n) is 0.858. The zero-order chi connectivity index (χ0) is 20.0. The van der Waals surface area contributed by atoms with Crippen LogP contribution in [-0.2, 0) is 14.4 Å². The molecule has 0 spiro atoms. The molecule has 5 nitrogen and oxygen atoms in total. The minimum absolute atomic E-state index is 0. The Kier molecular flexibility index (Phi) is 42.1. The summed E-state index contributed by atoms with van der Waals surface area (Å²) in [7, 11) is 0. The Morgan fingerprint density at radius 1 is 0.800 bits per heavy atom. The number of allylic oxidation sites excluding steroid dienone is 2. The van der Waals surface area contributed by atoms with Crippen LogP contribution >= 0.6 is 0 Å². The predicted octanol–water partition coefficient (Wildman–Crippen LogP) is 4.02. The molecule has 0 bridgehead atoms. The zero-order valence-electron chi connectivity index (χ0n) is 17.1. The van der Waals surface area contributed by atoms with Gasteiger partial charge in [0.2, 0.25) is 0 Å². The fourth-order valence-corrected chi connectivity index (χ4v) is 0.858. The van der Waals surface area contributed by atoms with Crippen molar-refractivity contribution >= 4 is 17.3 Å². The van der Waals surface area contributed by atoms with Crippen LogP contribution in [-0.4, -0.2) is 34.0 Å². The van der Waals surface area contributed by atoms with E-state index in [1.165, 1.54) is 0 Å². The van der Waals surface area contributed by atoms with Crippen LogP contribution in [0.3, 0.4) is 0 Å². The second-order valence-corrected chi connectivity index (χ2v) is 4.69. The molecule has 0 fully saturated rings. The number of aliphatic hydroxyl groups excluding tert-OH is 1. The molecule has 1 atom stereocenters. The van der Waals surface area contributed by atoms with E-state index < -0.39 is 6.10 Å². The molecule has 0 heterocycles. The summed E-state index contributed by atoms with van der Waals surface area (Å²) in [6.45, 7) is 18.0. The van der Waals surface area contributed by atoms with Gasteiger partial charge in [0.25, 0.3) is 0 Å². The number of Topliss-reactive ketones (excluding diaryl/α,β-unsaturated/α-hetero) is 3. The minimum atomic E-state index is -0.722. The van der Waals surface area contributed by atoms with Crippen molar-refractivity contribution in [1.29, 1.82) is 0 Å². The Labute approximate surface area is 154 Å². The van der Waals surface area contributed by atoms with E-state index in [0.717, 1.165) is 12.8 Å². The molecule has 1 unspecified atom stereocenters. The molecular weight excluding hydrogens is 320 g/mol. The lowest BCUT2D eigenvalue weighted by Gasteiger charge is -2.01. The first-order chi connectivity index (χ1) is 11.3. The van der Waals surface area contributed by atoms with Crippen molar-refractivity contribution in [2.24, 2.45) is 0 Å². The average Bonchev–Trinajstić information content (AvgIpc) is 2.65. The van der Waals surface area contributed by atoms with Gasteiger partial charge in [0.1, 0.15) is 6.10 Å². The molecule has 0 saturated heterocycles. The van der Waals surface area contributed by atoms with Crippen molar-refractivity contribution in [1.82, 2.24) is 0 Å². The molecule has 25 heavy (non-hydrogen) atoms. The largest absolute Gasteiger partial charge is 0.412 e. The Morgan fingerprint density at radius 3 is 1.16 bits per heavy atom. The van der Waals surface area contributed by atoms with Crippen molar-refractivity contribution in [3.63, 3.8) is 0 Å². The van der Waals surface area contributed by atoms with Gasteiger partial charge in [-0.1, -0.05) is 53.7 Å². The normalized spacial score (nSPS) is 9.08. The maximum Gasteiger partial charge on any atom is 0.198 e. The van der Waals surface area contributed by atoms with E-state index in [1.807, 2.05) is 12.2 Å². The highest BCUT2D eigenvalue weighted by molar-refractivity contribution is 6.36.